The van der Waals surface area contributed by atoms with E-state index in [1.165, 1.54) is 20.7 Å². The molecule has 0 spiro atoms. The van der Waals surface area contributed by atoms with Gasteiger partial charge in [-0.15, -0.1) is 0 Å². The fraction of sp³-hybridized carbons (Fsp3) is 0. The minimum absolute atomic E-state index is 0.606. The molecule has 0 unspecified atom stereocenters. The molecule has 5 aromatic heterocycles. The smallest absolute Gasteiger partial charge is 0.221 e. The van der Waals surface area contributed by atoms with Gasteiger partial charge in [-0.25, -0.2) is 15.0 Å². The minimum atomic E-state index is -3.16. The predicted octanol–water partition coefficient (Wildman–Crippen LogP) is 11.3. The van der Waals surface area contributed by atoms with Crippen LogP contribution in [0, 0.1) is 0 Å². The molecule has 0 aliphatic heterocycles. The van der Waals surface area contributed by atoms with E-state index in [0.717, 1.165) is 88.8 Å². The molecule has 14 rings (SSSR count). The molecular formula is C59H38N6OSi. The van der Waals surface area contributed by atoms with Crippen molar-refractivity contribution in [3.63, 3.8) is 0 Å². The molecule has 7 nitrogen and oxygen atoms in total. The number of aromatic nitrogens is 6. The van der Waals surface area contributed by atoms with Gasteiger partial charge in [-0.3, -0.25) is 13.5 Å². The summed E-state index contributed by atoms with van der Waals surface area (Å²) in [6.45, 7) is 0. The highest BCUT2D eigenvalue weighted by atomic mass is 28.3. The fourth-order valence-electron chi connectivity index (χ4n) is 10.8. The largest absolute Gasteiger partial charge is 0.456 e. The van der Waals surface area contributed by atoms with Gasteiger partial charge in [-0.05, 0) is 63.2 Å². The summed E-state index contributed by atoms with van der Waals surface area (Å²) in [5.74, 6) is 2.87. The molecule has 5 heterocycles. The van der Waals surface area contributed by atoms with Gasteiger partial charge in [0.2, 0.25) is 5.78 Å². The first-order valence-corrected chi connectivity index (χ1v) is 24.6. The Balaban J connectivity index is 1.08. The van der Waals surface area contributed by atoms with Crippen LogP contribution >= 0.6 is 0 Å². The van der Waals surface area contributed by atoms with E-state index >= 15 is 0 Å². The molecule has 9 aromatic carbocycles. The molecule has 0 bridgehead atoms. The summed E-state index contributed by atoms with van der Waals surface area (Å²) in [6, 6.07) is 82.1. The second-order valence-corrected chi connectivity index (χ2v) is 21.0. The minimum Gasteiger partial charge on any atom is -0.456 e. The fourth-order valence-corrected chi connectivity index (χ4v) is 15.7. The summed E-state index contributed by atoms with van der Waals surface area (Å²) in [7, 11) is -3.16. The quantitative estimate of drug-likeness (QED) is 0.118. The molecule has 14 aromatic rings. The lowest BCUT2D eigenvalue weighted by Crippen LogP contribution is -2.74. The van der Waals surface area contributed by atoms with E-state index in [9.17, 15) is 0 Å². The van der Waals surface area contributed by atoms with E-state index in [2.05, 4.69) is 232 Å². The molecule has 0 aliphatic rings. The number of nitrogens with zero attached hydrogens (tertiary/aromatic N) is 6. The number of imidazole rings is 2. The highest BCUT2D eigenvalue weighted by Gasteiger charge is 2.44. The number of para-hydroxylation sites is 8. The molecule has 0 N–H and O–H groups in total. The van der Waals surface area contributed by atoms with Crippen LogP contribution in [0.25, 0.3) is 94.6 Å². The first-order valence-electron chi connectivity index (χ1n) is 22.6. The van der Waals surface area contributed by atoms with Gasteiger partial charge < -0.3 is 4.42 Å². The summed E-state index contributed by atoms with van der Waals surface area (Å²) in [5, 5.41) is 9.42. The number of hydrogen-bond donors (Lipinski definition) is 0. The van der Waals surface area contributed by atoms with Gasteiger partial charge in [0, 0.05) is 33.2 Å². The third-order valence-electron chi connectivity index (χ3n) is 13.6. The van der Waals surface area contributed by atoms with Gasteiger partial charge in [0.15, 0.2) is 13.9 Å². The van der Waals surface area contributed by atoms with Crippen LogP contribution in [-0.2, 0) is 0 Å². The number of furan rings is 1. The molecule has 314 valence electrons. The number of benzene rings is 9. The van der Waals surface area contributed by atoms with Crippen molar-refractivity contribution in [3.05, 3.63) is 231 Å². The van der Waals surface area contributed by atoms with E-state index in [1.807, 2.05) is 12.1 Å². The highest BCUT2D eigenvalue weighted by Crippen LogP contribution is 2.35. The third-order valence-corrected chi connectivity index (χ3v) is 18.4. The maximum atomic E-state index is 6.94. The molecule has 0 fully saturated rings. The molecule has 0 aliphatic carbocycles. The Kier molecular flexibility index (Phi) is 8.17. The van der Waals surface area contributed by atoms with Crippen LogP contribution in [0.1, 0.15) is 0 Å². The average Bonchev–Trinajstić information content (AvgIpc) is 4.15. The lowest BCUT2D eigenvalue weighted by Gasteiger charge is -2.34. The van der Waals surface area contributed by atoms with Crippen molar-refractivity contribution in [2.75, 3.05) is 0 Å². The van der Waals surface area contributed by atoms with Crippen molar-refractivity contribution in [3.8, 4) is 23.0 Å². The first kappa shape index (κ1) is 37.5. The lowest BCUT2D eigenvalue weighted by molar-refractivity contribution is 0.671. The second-order valence-electron chi connectivity index (χ2n) is 17.2. The van der Waals surface area contributed by atoms with Gasteiger partial charge >= 0.3 is 0 Å². The van der Waals surface area contributed by atoms with Crippen LogP contribution in [0.2, 0.25) is 0 Å². The van der Waals surface area contributed by atoms with Gasteiger partial charge in [0.05, 0.1) is 33.1 Å². The predicted molar refractivity (Wildman–Crippen MR) is 276 cm³/mol. The van der Waals surface area contributed by atoms with Crippen molar-refractivity contribution in [2.24, 2.45) is 0 Å². The highest BCUT2D eigenvalue weighted by molar-refractivity contribution is 7.20. The van der Waals surface area contributed by atoms with Crippen LogP contribution in [-0.4, -0.2) is 36.6 Å². The number of hydrogen-bond acceptors (Lipinski definition) is 4. The van der Waals surface area contributed by atoms with Gasteiger partial charge in [-0.1, -0.05) is 182 Å². The normalized spacial score (nSPS) is 12.2. The second kappa shape index (κ2) is 14.6. The van der Waals surface area contributed by atoms with Gasteiger partial charge in [0.1, 0.15) is 22.8 Å². The van der Waals surface area contributed by atoms with Crippen molar-refractivity contribution in [1.82, 2.24) is 28.5 Å². The van der Waals surface area contributed by atoms with Crippen molar-refractivity contribution in [2.45, 2.75) is 0 Å². The Morgan fingerprint density at radius 2 is 0.910 bits per heavy atom. The summed E-state index contributed by atoms with van der Waals surface area (Å²) in [5.41, 5.74) is 8.85. The molecule has 0 atom stereocenters. The monoisotopic (exact) mass is 874 g/mol. The third kappa shape index (κ3) is 5.48. The first-order chi connectivity index (χ1) is 33.2. The molecule has 0 saturated carbocycles. The summed E-state index contributed by atoms with van der Waals surface area (Å²) >= 11 is 0. The summed E-state index contributed by atoms with van der Waals surface area (Å²) < 4.78 is 13.7. The Morgan fingerprint density at radius 1 is 0.373 bits per heavy atom. The van der Waals surface area contributed by atoms with E-state index in [1.54, 1.807) is 0 Å². The van der Waals surface area contributed by atoms with Crippen LogP contribution in [0.5, 0.6) is 0 Å². The molecule has 8 heteroatoms. The average molecular weight is 875 g/mol. The SMILES string of the molecule is c1ccc([Si](c2ccccc2)(c2cccc(-c3nc(-n4c5ccccc5c5ccccc54)cc(-n4c5ccccc5n5c6ccccc6nc45)n3)c2)c2cccc3c2oc2ccccc23)cc1. The van der Waals surface area contributed by atoms with E-state index < -0.39 is 8.07 Å². The van der Waals surface area contributed by atoms with Crippen molar-refractivity contribution in [1.29, 1.82) is 0 Å². The van der Waals surface area contributed by atoms with Crippen molar-refractivity contribution < 1.29 is 4.42 Å². The van der Waals surface area contributed by atoms with Crippen LogP contribution in [0.15, 0.2) is 235 Å². The Morgan fingerprint density at radius 3 is 1.63 bits per heavy atom. The van der Waals surface area contributed by atoms with Crippen LogP contribution in [0.4, 0.5) is 0 Å². The van der Waals surface area contributed by atoms with Gasteiger partial charge in [0.25, 0.3) is 0 Å². The number of fused-ring (bicyclic) bond motifs is 11. The zero-order chi connectivity index (χ0) is 44.1. The molecule has 0 saturated heterocycles. The zero-order valence-corrected chi connectivity index (χ0v) is 37.0. The topological polar surface area (TPSA) is 66.1 Å². The van der Waals surface area contributed by atoms with E-state index in [0.29, 0.717) is 5.82 Å². The molecular weight excluding hydrogens is 837 g/mol. The van der Waals surface area contributed by atoms with E-state index in [4.69, 9.17) is 19.4 Å². The maximum Gasteiger partial charge on any atom is 0.221 e. The Labute approximate surface area is 385 Å². The summed E-state index contributed by atoms with van der Waals surface area (Å²) in [6.07, 6.45) is 0. The van der Waals surface area contributed by atoms with Crippen molar-refractivity contribution >= 4 is 100 Å². The molecule has 67 heavy (non-hydrogen) atoms. The molecule has 0 radical (unpaired) electrons. The Bertz CT molecular complexity index is 4150. The Hall–Kier alpha value is -8.85. The zero-order valence-electron chi connectivity index (χ0n) is 36.0. The number of rotatable bonds is 7. The summed E-state index contributed by atoms with van der Waals surface area (Å²) in [4.78, 5) is 16.4. The van der Waals surface area contributed by atoms with Crippen LogP contribution < -0.4 is 20.7 Å². The lowest BCUT2D eigenvalue weighted by atomic mass is 10.1. The van der Waals surface area contributed by atoms with Crippen LogP contribution in [0.3, 0.4) is 0 Å². The van der Waals surface area contributed by atoms with E-state index in [-0.39, 0.29) is 0 Å². The standard InChI is InChI=1S/C59H38N6OSi/c1-3-20-40(21-4-1)67(41-22-5-2-6-23-41,54-36-18-28-46-45-27-9-16-35-53(45)66-57(46)54)42-24-17-19-39(37-42)58-61-55(63-48-30-11-7-25-43(48)44-26-8-12-31-49(44)63)38-56(62-58)65-52-34-15-14-33-51(52)64-50-32-13-10-29-47(50)60-59(64)65/h1-38H. The van der Waals surface area contributed by atoms with Gasteiger partial charge in [-0.2, -0.15) is 0 Å². The molecule has 0 amide bonds. The maximum absolute atomic E-state index is 6.94.